The molecule has 2 aromatic rings. The topological polar surface area (TPSA) is 58.4 Å². The lowest BCUT2D eigenvalue weighted by molar-refractivity contribution is 0.102. The maximum Gasteiger partial charge on any atom is 0.255 e. The van der Waals surface area contributed by atoms with Crippen LogP contribution in [0.15, 0.2) is 48.5 Å². The minimum atomic E-state index is -0.0911. The maximum absolute atomic E-state index is 12.4. The molecule has 1 amide bonds. The van der Waals surface area contributed by atoms with Gasteiger partial charge in [-0.3, -0.25) is 4.79 Å². The van der Waals surface area contributed by atoms with Gasteiger partial charge in [0.2, 0.25) is 0 Å². The SMILES string of the molecule is NCc1ccc(C(=O)Nc2cccc(N3CCCCCC3)c2)cc1. The second-order valence-electron chi connectivity index (χ2n) is 6.31. The summed E-state index contributed by atoms with van der Waals surface area (Å²) in [4.78, 5) is 14.8. The maximum atomic E-state index is 12.4. The van der Waals surface area contributed by atoms with Crippen molar-refractivity contribution in [3.63, 3.8) is 0 Å². The first-order valence-electron chi connectivity index (χ1n) is 8.71. The third kappa shape index (κ3) is 4.15. The lowest BCUT2D eigenvalue weighted by atomic mass is 10.1. The van der Waals surface area contributed by atoms with Gasteiger partial charge in [-0.1, -0.05) is 31.0 Å². The Morgan fingerprint density at radius 2 is 1.71 bits per heavy atom. The van der Waals surface area contributed by atoms with E-state index in [1.54, 1.807) is 0 Å². The lowest BCUT2D eigenvalue weighted by Gasteiger charge is -2.23. The molecule has 1 heterocycles. The molecule has 0 unspecified atom stereocenters. The minimum absolute atomic E-state index is 0.0911. The molecule has 4 heteroatoms. The van der Waals surface area contributed by atoms with E-state index in [0.717, 1.165) is 24.3 Å². The number of benzene rings is 2. The number of hydrogen-bond acceptors (Lipinski definition) is 3. The first-order chi connectivity index (χ1) is 11.8. The number of hydrogen-bond donors (Lipinski definition) is 2. The molecule has 0 saturated carbocycles. The molecule has 24 heavy (non-hydrogen) atoms. The van der Waals surface area contributed by atoms with E-state index in [1.165, 1.54) is 31.4 Å². The van der Waals surface area contributed by atoms with Crippen LogP contribution >= 0.6 is 0 Å². The van der Waals surface area contributed by atoms with Crippen molar-refractivity contribution in [3.05, 3.63) is 59.7 Å². The van der Waals surface area contributed by atoms with Gasteiger partial charge >= 0.3 is 0 Å². The summed E-state index contributed by atoms with van der Waals surface area (Å²) >= 11 is 0. The molecule has 2 aromatic carbocycles. The summed E-state index contributed by atoms with van der Waals surface area (Å²) in [5.74, 6) is -0.0911. The molecular weight excluding hydrogens is 298 g/mol. The van der Waals surface area contributed by atoms with Crippen LogP contribution in [0.1, 0.15) is 41.6 Å². The van der Waals surface area contributed by atoms with Gasteiger partial charge in [-0.05, 0) is 48.7 Å². The Labute approximate surface area is 143 Å². The van der Waals surface area contributed by atoms with Crippen LogP contribution in [0.3, 0.4) is 0 Å². The van der Waals surface area contributed by atoms with Gasteiger partial charge in [0.25, 0.3) is 5.91 Å². The molecule has 0 radical (unpaired) electrons. The van der Waals surface area contributed by atoms with E-state index in [2.05, 4.69) is 22.3 Å². The van der Waals surface area contributed by atoms with Crippen molar-refractivity contribution in [3.8, 4) is 0 Å². The Morgan fingerprint density at radius 1 is 1.00 bits per heavy atom. The van der Waals surface area contributed by atoms with Crippen molar-refractivity contribution in [2.45, 2.75) is 32.2 Å². The molecule has 4 nitrogen and oxygen atoms in total. The number of carbonyl (C=O) groups is 1. The molecule has 0 atom stereocenters. The van der Waals surface area contributed by atoms with Crippen molar-refractivity contribution in [2.24, 2.45) is 5.73 Å². The molecule has 0 spiro atoms. The molecule has 0 aromatic heterocycles. The number of rotatable bonds is 4. The van der Waals surface area contributed by atoms with E-state index >= 15 is 0 Å². The molecule has 126 valence electrons. The second kappa shape index (κ2) is 7.97. The van der Waals surface area contributed by atoms with Crippen LogP contribution in [0.4, 0.5) is 11.4 Å². The molecule has 0 bridgehead atoms. The van der Waals surface area contributed by atoms with E-state index in [4.69, 9.17) is 5.73 Å². The van der Waals surface area contributed by atoms with Crippen molar-refractivity contribution in [1.29, 1.82) is 0 Å². The highest BCUT2D eigenvalue weighted by Gasteiger charge is 2.11. The van der Waals surface area contributed by atoms with Crippen LogP contribution in [0.25, 0.3) is 0 Å². The van der Waals surface area contributed by atoms with Gasteiger partial charge in [-0.15, -0.1) is 0 Å². The summed E-state index contributed by atoms with van der Waals surface area (Å²) in [5.41, 5.74) is 9.29. The standard InChI is InChI=1S/C20H25N3O/c21-15-16-8-10-17(11-9-16)20(24)22-18-6-5-7-19(14-18)23-12-3-1-2-4-13-23/h5-11,14H,1-4,12-13,15,21H2,(H,22,24). The first kappa shape index (κ1) is 16.5. The summed E-state index contributed by atoms with van der Waals surface area (Å²) < 4.78 is 0. The minimum Gasteiger partial charge on any atom is -0.371 e. The van der Waals surface area contributed by atoms with Crippen LogP contribution in [-0.4, -0.2) is 19.0 Å². The third-order valence-electron chi connectivity index (χ3n) is 4.53. The highest BCUT2D eigenvalue weighted by Crippen LogP contribution is 2.23. The number of carbonyl (C=O) groups excluding carboxylic acids is 1. The van der Waals surface area contributed by atoms with E-state index in [-0.39, 0.29) is 5.91 Å². The Morgan fingerprint density at radius 3 is 2.38 bits per heavy atom. The molecule has 0 aliphatic carbocycles. The molecule has 1 saturated heterocycles. The fraction of sp³-hybridized carbons (Fsp3) is 0.350. The third-order valence-corrected chi connectivity index (χ3v) is 4.53. The highest BCUT2D eigenvalue weighted by atomic mass is 16.1. The second-order valence-corrected chi connectivity index (χ2v) is 6.31. The van der Waals surface area contributed by atoms with Crippen molar-refractivity contribution < 1.29 is 4.79 Å². The van der Waals surface area contributed by atoms with E-state index in [9.17, 15) is 4.79 Å². The van der Waals surface area contributed by atoms with Crippen molar-refractivity contribution in [1.82, 2.24) is 0 Å². The van der Waals surface area contributed by atoms with Crippen LogP contribution in [0.2, 0.25) is 0 Å². The Bertz CT molecular complexity index is 674. The fourth-order valence-corrected chi connectivity index (χ4v) is 3.10. The molecule has 3 N–H and O–H groups in total. The lowest BCUT2D eigenvalue weighted by Crippen LogP contribution is -2.24. The predicted molar refractivity (Wildman–Crippen MR) is 99.4 cm³/mol. The molecule has 3 rings (SSSR count). The number of anilines is 2. The Hall–Kier alpha value is -2.33. The average molecular weight is 323 g/mol. The zero-order valence-corrected chi connectivity index (χ0v) is 14.0. The largest absolute Gasteiger partial charge is 0.371 e. The van der Waals surface area contributed by atoms with Crippen LogP contribution < -0.4 is 16.0 Å². The number of nitrogens with zero attached hydrogens (tertiary/aromatic N) is 1. The van der Waals surface area contributed by atoms with E-state index < -0.39 is 0 Å². The summed E-state index contributed by atoms with van der Waals surface area (Å²) in [6.45, 7) is 2.68. The van der Waals surface area contributed by atoms with Gasteiger partial charge < -0.3 is 16.0 Å². The number of nitrogens with two attached hydrogens (primary N) is 1. The molecule has 1 aliphatic heterocycles. The summed E-state index contributed by atoms with van der Waals surface area (Å²) in [6.07, 6.45) is 5.10. The van der Waals surface area contributed by atoms with Gasteiger partial charge in [0.05, 0.1) is 0 Å². The van der Waals surface area contributed by atoms with Crippen LogP contribution in [-0.2, 0) is 6.54 Å². The van der Waals surface area contributed by atoms with Gasteiger partial charge in [-0.25, -0.2) is 0 Å². The van der Waals surface area contributed by atoms with Crippen LogP contribution in [0.5, 0.6) is 0 Å². The first-order valence-corrected chi connectivity index (χ1v) is 8.71. The monoisotopic (exact) mass is 323 g/mol. The smallest absolute Gasteiger partial charge is 0.255 e. The molecular formula is C20H25N3O. The van der Waals surface area contributed by atoms with Gasteiger partial charge in [0.15, 0.2) is 0 Å². The molecule has 1 aliphatic rings. The zero-order valence-electron chi connectivity index (χ0n) is 14.0. The zero-order chi connectivity index (χ0) is 16.8. The predicted octanol–water partition coefficient (Wildman–Crippen LogP) is 3.78. The molecule has 1 fully saturated rings. The van der Waals surface area contributed by atoms with E-state index in [0.29, 0.717) is 12.1 Å². The van der Waals surface area contributed by atoms with Crippen LogP contribution in [0, 0.1) is 0 Å². The number of nitrogens with one attached hydrogen (secondary N) is 1. The quantitative estimate of drug-likeness (QED) is 0.900. The number of amides is 1. The summed E-state index contributed by atoms with van der Waals surface area (Å²) in [5, 5.41) is 2.99. The van der Waals surface area contributed by atoms with Crippen molar-refractivity contribution >= 4 is 17.3 Å². The van der Waals surface area contributed by atoms with E-state index in [1.807, 2.05) is 36.4 Å². The average Bonchev–Trinajstić information content (AvgIpc) is 2.91. The summed E-state index contributed by atoms with van der Waals surface area (Å²) in [6, 6.07) is 15.5. The normalized spacial score (nSPS) is 15.0. The van der Waals surface area contributed by atoms with Gasteiger partial charge in [-0.2, -0.15) is 0 Å². The van der Waals surface area contributed by atoms with Gasteiger partial charge in [0, 0.05) is 36.6 Å². The van der Waals surface area contributed by atoms with Crippen molar-refractivity contribution in [2.75, 3.05) is 23.3 Å². The highest BCUT2D eigenvalue weighted by molar-refractivity contribution is 6.04. The Kier molecular flexibility index (Phi) is 5.49. The Balaban J connectivity index is 1.70. The van der Waals surface area contributed by atoms with Gasteiger partial charge in [0.1, 0.15) is 0 Å². The fourth-order valence-electron chi connectivity index (χ4n) is 3.10. The summed E-state index contributed by atoms with van der Waals surface area (Å²) in [7, 11) is 0.